The van der Waals surface area contributed by atoms with E-state index in [0.29, 0.717) is 0 Å². The van der Waals surface area contributed by atoms with Crippen LogP contribution in [-0.4, -0.2) is 7.05 Å². The fraction of sp³-hybridized carbons (Fsp3) is 0.111. The van der Waals surface area contributed by atoms with Crippen LogP contribution in [0.5, 0.6) is 0 Å². The van der Waals surface area contributed by atoms with Gasteiger partial charge in [0.1, 0.15) is 0 Å². The van der Waals surface area contributed by atoms with Crippen molar-refractivity contribution in [1.29, 1.82) is 0 Å². The van der Waals surface area contributed by atoms with E-state index in [-0.39, 0.29) is 6.04 Å². The summed E-state index contributed by atoms with van der Waals surface area (Å²) in [7, 11) is 2.01. The molecule has 0 spiro atoms. The molecular formula is C18H15BrIN. The van der Waals surface area contributed by atoms with E-state index >= 15 is 0 Å². The molecular weight excluding hydrogens is 437 g/mol. The summed E-state index contributed by atoms with van der Waals surface area (Å²) < 4.78 is 2.38. The molecule has 0 aliphatic heterocycles. The summed E-state index contributed by atoms with van der Waals surface area (Å²) in [5.41, 5.74) is 2.58. The maximum atomic E-state index is 3.58. The number of hydrogen-bond donors (Lipinski definition) is 1. The molecule has 0 saturated heterocycles. The molecule has 0 radical (unpaired) electrons. The van der Waals surface area contributed by atoms with E-state index in [1.165, 1.54) is 25.5 Å². The van der Waals surface area contributed by atoms with Gasteiger partial charge in [0.2, 0.25) is 0 Å². The molecule has 0 aromatic heterocycles. The Morgan fingerprint density at radius 2 is 1.71 bits per heavy atom. The lowest BCUT2D eigenvalue weighted by Crippen LogP contribution is -2.18. The minimum absolute atomic E-state index is 0.194. The second-order valence-electron chi connectivity index (χ2n) is 4.99. The molecule has 0 bridgehead atoms. The highest BCUT2D eigenvalue weighted by atomic mass is 127. The Balaban J connectivity index is 2.11. The van der Waals surface area contributed by atoms with Gasteiger partial charge >= 0.3 is 0 Å². The highest BCUT2D eigenvalue weighted by Gasteiger charge is 2.15. The zero-order chi connectivity index (χ0) is 14.8. The van der Waals surface area contributed by atoms with Crippen LogP contribution in [0.3, 0.4) is 0 Å². The average Bonchev–Trinajstić information content (AvgIpc) is 2.51. The summed E-state index contributed by atoms with van der Waals surface area (Å²) in [4.78, 5) is 0. The van der Waals surface area contributed by atoms with E-state index in [9.17, 15) is 0 Å². The average molecular weight is 452 g/mol. The topological polar surface area (TPSA) is 12.0 Å². The van der Waals surface area contributed by atoms with Gasteiger partial charge < -0.3 is 5.32 Å². The van der Waals surface area contributed by atoms with Crippen molar-refractivity contribution in [1.82, 2.24) is 5.32 Å². The highest BCUT2D eigenvalue weighted by Crippen LogP contribution is 2.30. The summed E-state index contributed by atoms with van der Waals surface area (Å²) >= 11 is 5.97. The van der Waals surface area contributed by atoms with Gasteiger partial charge in [0, 0.05) is 8.04 Å². The van der Waals surface area contributed by atoms with E-state index in [4.69, 9.17) is 0 Å². The quantitative estimate of drug-likeness (QED) is 0.517. The first-order valence-electron chi connectivity index (χ1n) is 6.80. The molecule has 0 heterocycles. The first kappa shape index (κ1) is 15.0. The van der Waals surface area contributed by atoms with Crippen LogP contribution in [0, 0.1) is 3.57 Å². The number of nitrogens with one attached hydrogen (secondary N) is 1. The molecule has 21 heavy (non-hydrogen) atoms. The third-order valence-electron chi connectivity index (χ3n) is 3.66. The van der Waals surface area contributed by atoms with Gasteiger partial charge in [0.25, 0.3) is 0 Å². The van der Waals surface area contributed by atoms with E-state index < -0.39 is 0 Å². The third kappa shape index (κ3) is 3.15. The molecule has 0 saturated carbocycles. The molecule has 0 fully saturated rings. The van der Waals surface area contributed by atoms with Gasteiger partial charge in [-0.25, -0.2) is 0 Å². The predicted octanol–water partition coefficient (Wildman–Crippen LogP) is 5.52. The Bertz CT molecular complexity index is 785. The van der Waals surface area contributed by atoms with Crippen molar-refractivity contribution in [3.05, 3.63) is 79.8 Å². The first-order chi connectivity index (χ1) is 10.2. The van der Waals surface area contributed by atoms with Crippen LogP contribution in [-0.2, 0) is 0 Å². The van der Waals surface area contributed by atoms with Gasteiger partial charge in [-0.05, 0) is 75.8 Å². The van der Waals surface area contributed by atoms with Crippen molar-refractivity contribution in [2.45, 2.75) is 6.04 Å². The van der Waals surface area contributed by atoms with Crippen molar-refractivity contribution in [3.8, 4) is 0 Å². The Morgan fingerprint density at radius 3 is 2.48 bits per heavy atom. The van der Waals surface area contributed by atoms with Gasteiger partial charge in [-0.2, -0.15) is 0 Å². The lowest BCUT2D eigenvalue weighted by molar-refractivity contribution is 0.689. The molecule has 1 unspecified atom stereocenters. The summed E-state index contributed by atoms with van der Waals surface area (Å²) in [6.45, 7) is 0. The van der Waals surface area contributed by atoms with Crippen molar-refractivity contribution in [2.24, 2.45) is 0 Å². The van der Waals surface area contributed by atoms with Crippen molar-refractivity contribution in [2.75, 3.05) is 7.05 Å². The van der Waals surface area contributed by atoms with Crippen LogP contribution in [0.2, 0.25) is 0 Å². The number of halogens is 2. The van der Waals surface area contributed by atoms with Crippen molar-refractivity contribution >= 4 is 49.3 Å². The zero-order valence-corrected chi connectivity index (χ0v) is 15.4. The minimum Gasteiger partial charge on any atom is -0.309 e. The molecule has 3 heteroatoms. The maximum absolute atomic E-state index is 3.58. The lowest BCUT2D eigenvalue weighted by atomic mass is 9.96. The number of rotatable bonds is 3. The van der Waals surface area contributed by atoms with Crippen LogP contribution >= 0.6 is 38.5 Å². The second-order valence-corrected chi connectivity index (χ2v) is 7.07. The molecule has 0 aliphatic rings. The van der Waals surface area contributed by atoms with Crippen LogP contribution in [0.25, 0.3) is 10.8 Å². The molecule has 0 aliphatic carbocycles. The van der Waals surface area contributed by atoms with Crippen molar-refractivity contribution in [3.63, 3.8) is 0 Å². The Hall–Kier alpha value is -0.910. The second kappa shape index (κ2) is 6.46. The largest absolute Gasteiger partial charge is 0.309 e. The smallest absolute Gasteiger partial charge is 0.0585 e. The standard InChI is InChI=1S/C18H15BrIN/c1-21-18(16-11-15(19)8-9-17(16)20)14-7-6-12-4-2-3-5-13(12)10-14/h2-11,18,21H,1H3. The molecule has 3 aromatic rings. The number of benzene rings is 3. The molecule has 3 rings (SSSR count). The first-order valence-corrected chi connectivity index (χ1v) is 8.67. The number of hydrogen-bond acceptors (Lipinski definition) is 1. The Kier molecular flexibility index (Phi) is 4.62. The van der Waals surface area contributed by atoms with Gasteiger partial charge in [0.15, 0.2) is 0 Å². The van der Waals surface area contributed by atoms with E-state index in [0.717, 1.165) is 4.47 Å². The van der Waals surface area contributed by atoms with Crippen LogP contribution in [0.4, 0.5) is 0 Å². The van der Waals surface area contributed by atoms with Crippen LogP contribution in [0.15, 0.2) is 65.1 Å². The van der Waals surface area contributed by atoms with Crippen LogP contribution in [0.1, 0.15) is 17.2 Å². The van der Waals surface area contributed by atoms with Gasteiger partial charge in [0.05, 0.1) is 6.04 Å². The van der Waals surface area contributed by atoms with Crippen molar-refractivity contribution < 1.29 is 0 Å². The summed E-state index contributed by atoms with van der Waals surface area (Å²) in [6, 6.07) is 21.8. The van der Waals surface area contributed by atoms with Crippen LogP contribution < -0.4 is 5.32 Å². The van der Waals surface area contributed by atoms with E-state index in [2.05, 4.69) is 105 Å². The number of fused-ring (bicyclic) bond motifs is 1. The predicted molar refractivity (Wildman–Crippen MR) is 102 cm³/mol. The molecule has 1 nitrogen and oxygen atoms in total. The summed E-state index contributed by atoms with van der Waals surface area (Å²) in [6.07, 6.45) is 0. The Labute approximate surface area is 147 Å². The normalized spacial score (nSPS) is 12.5. The summed E-state index contributed by atoms with van der Waals surface area (Å²) in [5.74, 6) is 0. The highest BCUT2D eigenvalue weighted by molar-refractivity contribution is 14.1. The molecule has 3 aromatic carbocycles. The minimum atomic E-state index is 0.194. The van der Waals surface area contributed by atoms with Gasteiger partial charge in [-0.1, -0.05) is 52.3 Å². The molecule has 1 atom stereocenters. The van der Waals surface area contributed by atoms with Gasteiger partial charge in [-0.3, -0.25) is 0 Å². The monoisotopic (exact) mass is 451 g/mol. The SMILES string of the molecule is CNC(c1ccc2ccccc2c1)c1cc(Br)ccc1I. The molecule has 106 valence electrons. The Morgan fingerprint density at radius 1 is 0.952 bits per heavy atom. The third-order valence-corrected chi connectivity index (χ3v) is 5.14. The van der Waals surface area contributed by atoms with E-state index in [1.54, 1.807) is 0 Å². The lowest BCUT2D eigenvalue weighted by Gasteiger charge is -2.19. The van der Waals surface area contributed by atoms with Gasteiger partial charge in [-0.15, -0.1) is 0 Å². The zero-order valence-electron chi connectivity index (χ0n) is 11.6. The maximum Gasteiger partial charge on any atom is 0.0585 e. The fourth-order valence-corrected chi connectivity index (χ4v) is 3.65. The summed E-state index contributed by atoms with van der Waals surface area (Å²) in [5, 5.41) is 6.00. The molecule has 1 N–H and O–H groups in total. The fourth-order valence-electron chi connectivity index (χ4n) is 2.62. The van der Waals surface area contributed by atoms with E-state index in [1.807, 2.05) is 7.05 Å². The molecule has 0 amide bonds.